The molecule has 2 N–H and O–H groups in total. The summed E-state index contributed by atoms with van der Waals surface area (Å²) in [4.78, 5) is 13.9. The first-order chi connectivity index (χ1) is 9.89. The van der Waals surface area contributed by atoms with Gasteiger partial charge in [-0.15, -0.1) is 13.2 Å². The third kappa shape index (κ3) is 4.35. The molecule has 0 bridgehead atoms. The number of likely N-dealkylation sites (tertiary alicyclic amines) is 1. The highest BCUT2D eigenvalue weighted by atomic mass is 19.4. The first-order valence-electron chi connectivity index (χ1n) is 6.73. The number of hydrogen-bond acceptors (Lipinski definition) is 3. The summed E-state index contributed by atoms with van der Waals surface area (Å²) < 4.78 is 39.9. The van der Waals surface area contributed by atoms with Crippen LogP contribution in [-0.2, 0) is 11.2 Å². The van der Waals surface area contributed by atoms with E-state index >= 15 is 0 Å². The van der Waals surface area contributed by atoms with E-state index in [2.05, 4.69) is 4.74 Å². The lowest BCUT2D eigenvalue weighted by Crippen LogP contribution is -2.40. The van der Waals surface area contributed by atoms with Crippen molar-refractivity contribution in [2.45, 2.75) is 31.7 Å². The molecule has 1 saturated heterocycles. The fraction of sp³-hybridized carbons (Fsp3) is 0.500. The van der Waals surface area contributed by atoms with Gasteiger partial charge in [0, 0.05) is 19.1 Å². The molecule has 1 aromatic rings. The number of carbonyl (C=O) groups excluding carboxylic acids is 1. The van der Waals surface area contributed by atoms with Gasteiger partial charge in [-0.2, -0.15) is 0 Å². The Labute approximate surface area is 120 Å². The molecule has 7 heteroatoms. The van der Waals surface area contributed by atoms with Crippen molar-refractivity contribution in [2.75, 3.05) is 13.1 Å². The molecule has 0 aromatic heterocycles. The molecule has 0 saturated carbocycles. The normalized spacial score (nSPS) is 18.9. The second-order valence-electron chi connectivity index (χ2n) is 4.99. The maximum absolute atomic E-state index is 12.2. The molecule has 1 aliphatic rings. The van der Waals surface area contributed by atoms with E-state index in [1.165, 1.54) is 24.3 Å². The number of carbonyl (C=O) groups is 1. The zero-order valence-electron chi connectivity index (χ0n) is 11.4. The highest BCUT2D eigenvalue weighted by Gasteiger charge is 2.31. The van der Waals surface area contributed by atoms with Crippen molar-refractivity contribution >= 4 is 5.91 Å². The van der Waals surface area contributed by atoms with Gasteiger partial charge in [-0.3, -0.25) is 4.79 Å². The molecule has 21 heavy (non-hydrogen) atoms. The lowest BCUT2D eigenvalue weighted by molar-refractivity contribution is -0.274. The lowest BCUT2D eigenvalue weighted by atomic mass is 10.1. The average molecular weight is 302 g/mol. The van der Waals surface area contributed by atoms with Crippen molar-refractivity contribution in [1.29, 1.82) is 0 Å². The maximum Gasteiger partial charge on any atom is 0.573 e. The fourth-order valence-corrected chi connectivity index (χ4v) is 2.49. The van der Waals surface area contributed by atoms with Crippen LogP contribution in [-0.4, -0.2) is 36.3 Å². The van der Waals surface area contributed by atoms with Gasteiger partial charge < -0.3 is 15.4 Å². The van der Waals surface area contributed by atoms with Crippen molar-refractivity contribution in [3.05, 3.63) is 29.8 Å². The molecule has 1 aliphatic heterocycles. The number of halogens is 3. The molecule has 1 amide bonds. The van der Waals surface area contributed by atoms with E-state index in [4.69, 9.17) is 5.73 Å². The van der Waals surface area contributed by atoms with Crippen LogP contribution in [0.2, 0.25) is 0 Å². The van der Waals surface area contributed by atoms with E-state index in [9.17, 15) is 18.0 Å². The molecular weight excluding hydrogens is 285 g/mol. The first kappa shape index (κ1) is 15.6. The third-order valence-corrected chi connectivity index (χ3v) is 3.48. The van der Waals surface area contributed by atoms with Gasteiger partial charge >= 0.3 is 6.36 Å². The second kappa shape index (κ2) is 6.34. The van der Waals surface area contributed by atoms with Gasteiger partial charge in [-0.1, -0.05) is 12.1 Å². The molecule has 0 radical (unpaired) electrons. The van der Waals surface area contributed by atoms with Gasteiger partial charge in [-0.05, 0) is 30.5 Å². The Bertz CT molecular complexity index is 488. The highest BCUT2D eigenvalue weighted by Crippen LogP contribution is 2.23. The topological polar surface area (TPSA) is 55.6 Å². The van der Waals surface area contributed by atoms with E-state index in [0.717, 1.165) is 12.8 Å². The van der Waals surface area contributed by atoms with Gasteiger partial charge in [0.15, 0.2) is 0 Å². The number of hydrogen-bond donors (Lipinski definition) is 1. The Kier molecular flexibility index (Phi) is 4.72. The molecule has 0 aliphatic carbocycles. The average Bonchev–Trinajstić information content (AvgIpc) is 2.87. The Morgan fingerprint density at radius 1 is 1.33 bits per heavy atom. The molecule has 0 unspecified atom stereocenters. The van der Waals surface area contributed by atoms with Crippen LogP contribution in [0.4, 0.5) is 13.2 Å². The molecule has 2 rings (SSSR count). The van der Waals surface area contributed by atoms with Crippen LogP contribution in [0.3, 0.4) is 0 Å². The van der Waals surface area contributed by atoms with Crippen LogP contribution in [0.1, 0.15) is 18.4 Å². The largest absolute Gasteiger partial charge is 0.573 e. The summed E-state index contributed by atoms with van der Waals surface area (Å²) in [7, 11) is 0. The fourth-order valence-electron chi connectivity index (χ4n) is 2.49. The standard InChI is InChI=1S/C14H17F3N2O2/c15-14(16,17)21-12-5-3-10(4-6-12)8-13(20)19-7-1-2-11(19)9-18/h3-6,11H,1-2,7-9,18H2/t11-/m1/s1. The monoisotopic (exact) mass is 302 g/mol. The van der Waals surface area contributed by atoms with E-state index in [1.54, 1.807) is 4.90 Å². The molecular formula is C14H17F3N2O2. The molecule has 1 atom stereocenters. The van der Waals surface area contributed by atoms with Crippen LogP contribution in [0.15, 0.2) is 24.3 Å². The Hall–Kier alpha value is -1.76. The highest BCUT2D eigenvalue weighted by molar-refractivity contribution is 5.79. The minimum Gasteiger partial charge on any atom is -0.406 e. The maximum atomic E-state index is 12.2. The molecule has 1 aromatic carbocycles. The number of ether oxygens (including phenoxy) is 1. The summed E-state index contributed by atoms with van der Waals surface area (Å²) in [5, 5.41) is 0. The van der Waals surface area contributed by atoms with Gasteiger partial charge in [0.2, 0.25) is 5.91 Å². The Morgan fingerprint density at radius 3 is 2.57 bits per heavy atom. The number of nitrogens with two attached hydrogens (primary N) is 1. The van der Waals surface area contributed by atoms with Crippen molar-refractivity contribution < 1.29 is 22.7 Å². The van der Waals surface area contributed by atoms with E-state index in [-0.39, 0.29) is 24.1 Å². The summed E-state index contributed by atoms with van der Waals surface area (Å²) in [6.45, 7) is 1.13. The summed E-state index contributed by atoms with van der Waals surface area (Å²) in [6.07, 6.45) is -2.71. The summed E-state index contributed by atoms with van der Waals surface area (Å²) in [5.74, 6) is -0.341. The van der Waals surface area contributed by atoms with Crippen LogP contribution in [0.25, 0.3) is 0 Å². The number of rotatable bonds is 4. The van der Waals surface area contributed by atoms with E-state index in [1.807, 2.05) is 0 Å². The zero-order valence-corrected chi connectivity index (χ0v) is 11.4. The van der Waals surface area contributed by atoms with Crippen LogP contribution in [0.5, 0.6) is 5.75 Å². The molecule has 4 nitrogen and oxygen atoms in total. The Balaban J connectivity index is 1.95. The quantitative estimate of drug-likeness (QED) is 0.926. The summed E-state index contributed by atoms with van der Waals surface area (Å²) in [6, 6.07) is 5.42. The molecule has 1 fully saturated rings. The van der Waals surface area contributed by atoms with Gasteiger partial charge in [0.1, 0.15) is 5.75 Å². The number of nitrogens with zero attached hydrogens (tertiary/aromatic N) is 1. The zero-order chi connectivity index (χ0) is 15.5. The third-order valence-electron chi connectivity index (χ3n) is 3.48. The van der Waals surface area contributed by atoms with Crippen molar-refractivity contribution in [3.63, 3.8) is 0 Å². The number of alkyl halides is 3. The molecule has 1 heterocycles. The van der Waals surface area contributed by atoms with Crippen molar-refractivity contribution in [3.8, 4) is 5.75 Å². The molecule has 116 valence electrons. The predicted molar refractivity (Wildman–Crippen MR) is 70.6 cm³/mol. The van der Waals surface area contributed by atoms with Crippen molar-refractivity contribution in [2.24, 2.45) is 5.73 Å². The van der Waals surface area contributed by atoms with E-state index < -0.39 is 6.36 Å². The van der Waals surface area contributed by atoms with Gasteiger partial charge in [-0.25, -0.2) is 0 Å². The lowest BCUT2D eigenvalue weighted by Gasteiger charge is -2.23. The number of amides is 1. The van der Waals surface area contributed by atoms with Crippen LogP contribution < -0.4 is 10.5 Å². The van der Waals surface area contributed by atoms with Gasteiger partial charge in [0.25, 0.3) is 0 Å². The smallest absolute Gasteiger partial charge is 0.406 e. The van der Waals surface area contributed by atoms with Gasteiger partial charge in [0.05, 0.1) is 6.42 Å². The van der Waals surface area contributed by atoms with E-state index in [0.29, 0.717) is 18.7 Å². The van der Waals surface area contributed by atoms with Crippen LogP contribution in [0, 0.1) is 0 Å². The minimum atomic E-state index is -4.71. The SMILES string of the molecule is NC[C@H]1CCCN1C(=O)Cc1ccc(OC(F)(F)F)cc1. The minimum absolute atomic E-state index is 0.0487. The predicted octanol–water partition coefficient (Wildman–Crippen LogP) is 2.08. The van der Waals surface area contributed by atoms with Crippen LogP contribution >= 0.6 is 0 Å². The summed E-state index contributed by atoms with van der Waals surface area (Å²) in [5.41, 5.74) is 6.27. The number of benzene rings is 1. The summed E-state index contributed by atoms with van der Waals surface area (Å²) >= 11 is 0. The Morgan fingerprint density at radius 2 is 2.00 bits per heavy atom. The second-order valence-corrected chi connectivity index (χ2v) is 4.99. The van der Waals surface area contributed by atoms with Crippen molar-refractivity contribution in [1.82, 2.24) is 4.90 Å². The molecule has 0 spiro atoms. The first-order valence-corrected chi connectivity index (χ1v) is 6.73.